The van der Waals surface area contributed by atoms with Crippen molar-refractivity contribution >= 4 is 51.5 Å². The summed E-state index contributed by atoms with van der Waals surface area (Å²) >= 11 is 12.2. The van der Waals surface area contributed by atoms with Crippen LogP contribution in [0.4, 0.5) is 5.69 Å². The van der Waals surface area contributed by atoms with Crippen LogP contribution in [0.25, 0.3) is 11.0 Å². The minimum atomic E-state index is -0.475. The third kappa shape index (κ3) is 3.63. The maximum absolute atomic E-state index is 13.0. The molecule has 30 heavy (non-hydrogen) atoms. The molecule has 1 amide bonds. The summed E-state index contributed by atoms with van der Waals surface area (Å²) in [6, 6.07) is 13.4. The van der Waals surface area contributed by atoms with Gasteiger partial charge in [-0.15, -0.1) is 0 Å². The zero-order valence-electron chi connectivity index (χ0n) is 15.6. The largest absolute Gasteiger partial charge is 0.493 e. The number of amides is 1. The van der Waals surface area contributed by atoms with Gasteiger partial charge in [0.1, 0.15) is 0 Å². The van der Waals surface area contributed by atoms with Gasteiger partial charge < -0.3 is 14.5 Å². The van der Waals surface area contributed by atoms with Crippen LogP contribution in [0.2, 0.25) is 10.0 Å². The van der Waals surface area contributed by atoms with Gasteiger partial charge in [-0.05, 0) is 18.2 Å². The number of carbonyl (C=O) groups excluding carboxylic acids is 2. The molecule has 0 atom stereocenters. The number of hydrogen-bond donors (Lipinski definition) is 1. The van der Waals surface area contributed by atoms with Gasteiger partial charge in [-0.3, -0.25) is 14.6 Å². The molecule has 0 unspecified atom stereocenters. The summed E-state index contributed by atoms with van der Waals surface area (Å²) in [6.45, 7) is 0. The highest BCUT2D eigenvalue weighted by atomic mass is 35.5. The maximum Gasteiger partial charge on any atom is 0.256 e. The average molecular weight is 441 g/mol. The third-order valence-electron chi connectivity index (χ3n) is 4.46. The van der Waals surface area contributed by atoms with Crippen LogP contribution < -0.4 is 10.1 Å². The van der Waals surface area contributed by atoms with Crippen molar-refractivity contribution in [3.63, 3.8) is 0 Å². The van der Waals surface area contributed by atoms with Gasteiger partial charge in [-0.1, -0.05) is 53.5 Å². The predicted molar refractivity (Wildman–Crippen MR) is 115 cm³/mol. The van der Waals surface area contributed by atoms with Crippen LogP contribution in [0, 0.1) is 0 Å². The first kappa shape index (κ1) is 19.9. The Hall–Kier alpha value is -3.35. The lowest BCUT2D eigenvalue weighted by Crippen LogP contribution is -2.13. The van der Waals surface area contributed by atoms with Gasteiger partial charge in [0.05, 0.1) is 28.4 Å². The Bertz CT molecular complexity index is 1250. The molecule has 0 fully saturated rings. The molecule has 6 nitrogen and oxygen atoms in total. The monoisotopic (exact) mass is 440 g/mol. The summed E-state index contributed by atoms with van der Waals surface area (Å²) in [7, 11) is 1.48. The molecule has 0 aliphatic rings. The summed E-state index contributed by atoms with van der Waals surface area (Å²) in [6.07, 6.45) is 2.75. The number of furan rings is 1. The first-order valence-electron chi connectivity index (χ1n) is 8.80. The van der Waals surface area contributed by atoms with E-state index in [0.717, 1.165) is 0 Å². The van der Waals surface area contributed by atoms with Crippen molar-refractivity contribution in [3.8, 4) is 5.75 Å². The van der Waals surface area contributed by atoms with Gasteiger partial charge in [0.25, 0.3) is 5.91 Å². The summed E-state index contributed by atoms with van der Waals surface area (Å²) in [5, 5.41) is 3.51. The van der Waals surface area contributed by atoms with Crippen molar-refractivity contribution in [2.75, 3.05) is 12.4 Å². The Morgan fingerprint density at radius 3 is 2.40 bits per heavy atom. The standard InChI is InChI=1S/C22H14Cl2N2O4/c1-29-17-8-7-13(22(28)26-19-15(23)10-25-11-16(19)24)14-9-18(30-21(14)17)20(27)12-5-3-2-4-6-12/h2-11H,1H3,(H,25,26,28). The van der Waals surface area contributed by atoms with Crippen molar-refractivity contribution in [1.82, 2.24) is 4.98 Å². The number of pyridine rings is 1. The fraction of sp³-hybridized carbons (Fsp3) is 0.0455. The average Bonchev–Trinajstić information content (AvgIpc) is 3.21. The van der Waals surface area contributed by atoms with E-state index in [2.05, 4.69) is 10.3 Å². The van der Waals surface area contributed by atoms with E-state index in [9.17, 15) is 9.59 Å². The Labute approximate surface area is 181 Å². The first-order chi connectivity index (χ1) is 14.5. The van der Waals surface area contributed by atoms with E-state index < -0.39 is 5.91 Å². The van der Waals surface area contributed by atoms with Crippen LogP contribution in [0.15, 0.2) is 65.3 Å². The number of hydrogen-bond acceptors (Lipinski definition) is 5. The van der Waals surface area contributed by atoms with E-state index in [1.807, 2.05) is 6.07 Å². The summed E-state index contributed by atoms with van der Waals surface area (Å²) in [5.41, 5.74) is 1.27. The van der Waals surface area contributed by atoms with E-state index >= 15 is 0 Å². The SMILES string of the molecule is COc1ccc(C(=O)Nc2c(Cl)cncc2Cl)c2cc(C(=O)c3ccccc3)oc12. The summed E-state index contributed by atoms with van der Waals surface area (Å²) < 4.78 is 11.1. The molecular formula is C22H14Cl2N2O4. The summed E-state index contributed by atoms with van der Waals surface area (Å²) in [4.78, 5) is 29.6. The second kappa shape index (κ2) is 8.18. The third-order valence-corrected chi connectivity index (χ3v) is 5.04. The van der Waals surface area contributed by atoms with Crippen LogP contribution in [0.5, 0.6) is 5.75 Å². The number of nitrogens with zero attached hydrogens (tertiary/aromatic N) is 1. The van der Waals surface area contributed by atoms with Gasteiger partial charge in [0, 0.05) is 23.3 Å². The molecule has 4 rings (SSSR count). The first-order valence-corrected chi connectivity index (χ1v) is 9.56. The highest BCUT2D eigenvalue weighted by molar-refractivity contribution is 6.39. The number of aromatic nitrogens is 1. The lowest BCUT2D eigenvalue weighted by Gasteiger charge is -2.10. The zero-order valence-corrected chi connectivity index (χ0v) is 17.1. The van der Waals surface area contributed by atoms with Crippen molar-refractivity contribution in [2.45, 2.75) is 0 Å². The molecule has 0 saturated carbocycles. The van der Waals surface area contributed by atoms with Crippen LogP contribution in [0.1, 0.15) is 26.5 Å². The number of fused-ring (bicyclic) bond motifs is 1. The molecule has 4 aromatic rings. The van der Waals surface area contributed by atoms with E-state index in [1.165, 1.54) is 25.6 Å². The molecule has 0 radical (unpaired) electrons. The van der Waals surface area contributed by atoms with Crippen LogP contribution in [0.3, 0.4) is 0 Å². The number of methoxy groups -OCH3 is 1. The quantitative estimate of drug-likeness (QED) is 0.406. The molecule has 0 aliphatic heterocycles. The van der Waals surface area contributed by atoms with Gasteiger partial charge in [0.2, 0.25) is 5.78 Å². The van der Waals surface area contributed by atoms with E-state index in [1.54, 1.807) is 36.4 Å². The highest BCUT2D eigenvalue weighted by Gasteiger charge is 2.22. The number of anilines is 1. The second-order valence-electron chi connectivity index (χ2n) is 6.30. The lowest BCUT2D eigenvalue weighted by atomic mass is 10.1. The Kier molecular flexibility index (Phi) is 5.44. The van der Waals surface area contributed by atoms with Crippen molar-refractivity contribution in [1.29, 1.82) is 0 Å². The van der Waals surface area contributed by atoms with Crippen molar-refractivity contribution < 1.29 is 18.7 Å². The lowest BCUT2D eigenvalue weighted by molar-refractivity contribution is 0.101. The molecule has 2 heterocycles. The van der Waals surface area contributed by atoms with Gasteiger partial charge in [-0.2, -0.15) is 0 Å². The Morgan fingerprint density at radius 2 is 1.73 bits per heavy atom. The van der Waals surface area contributed by atoms with Crippen molar-refractivity contribution in [3.05, 3.63) is 87.9 Å². The van der Waals surface area contributed by atoms with Crippen LogP contribution in [-0.2, 0) is 0 Å². The second-order valence-corrected chi connectivity index (χ2v) is 7.11. The van der Waals surface area contributed by atoms with E-state index in [4.69, 9.17) is 32.4 Å². The summed E-state index contributed by atoms with van der Waals surface area (Å²) in [5.74, 6) is -0.291. The molecule has 1 N–H and O–H groups in total. The van der Waals surface area contributed by atoms with Crippen LogP contribution >= 0.6 is 23.2 Å². The molecule has 2 aromatic heterocycles. The number of benzene rings is 2. The highest BCUT2D eigenvalue weighted by Crippen LogP contribution is 2.34. The molecular weight excluding hydrogens is 427 g/mol. The molecule has 0 bridgehead atoms. The number of halogens is 2. The Morgan fingerprint density at radius 1 is 1.03 bits per heavy atom. The topological polar surface area (TPSA) is 81.4 Å². The van der Waals surface area contributed by atoms with E-state index in [-0.39, 0.29) is 38.4 Å². The maximum atomic E-state index is 13.0. The van der Waals surface area contributed by atoms with Gasteiger partial charge in [0.15, 0.2) is 17.1 Å². The minimum absolute atomic E-state index is 0.0923. The van der Waals surface area contributed by atoms with E-state index in [0.29, 0.717) is 16.7 Å². The van der Waals surface area contributed by atoms with Crippen LogP contribution in [-0.4, -0.2) is 23.8 Å². The molecule has 0 spiro atoms. The van der Waals surface area contributed by atoms with Crippen molar-refractivity contribution in [2.24, 2.45) is 0 Å². The Balaban J connectivity index is 1.78. The number of rotatable bonds is 5. The number of carbonyl (C=O) groups is 2. The normalized spacial score (nSPS) is 10.8. The predicted octanol–water partition coefficient (Wildman–Crippen LogP) is 5.63. The fourth-order valence-electron chi connectivity index (χ4n) is 3.01. The molecule has 8 heteroatoms. The van der Waals surface area contributed by atoms with Gasteiger partial charge >= 0.3 is 0 Å². The smallest absolute Gasteiger partial charge is 0.256 e. The molecule has 0 aliphatic carbocycles. The molecule has 150 valence electrons. The van der Waals surface area contributed by atoms with Gasteiger partial charge in [-0.25, -0.2) is 0 Å². The number of ketones is 1. The fourth-order valence-corrected chi connectivity index (χ4v) is 3.47. The molecule has 2 aromatic carbocycles. The number of ether oxygens (including phenoxy) is 1. The number of nitrogens with one attached hydrogen (secondary N) is 1. The zero-order chi connectivity index (χ0) is 21.3. The molecule has 0 saturated heterocycles. The minimum Gasteiger partial charge on any atom is -0.493 e.